The van der Waals surface area contributed by atoms with Crippen molar-refractivity contribution in [2.24, 2.45) is 5.10 Å². The quantitative estimate of drug-likeness (QED) is 0.357. The summed E-state index contributed by atoms with van der Waals surface area (Å²) >= 11 is 18.4. The molecule has 0 radical (unpaired) electrons. The molecular weight excluding hydrogens is 403 g/mol. The van der Waals surface area contributed by atoms with Crippen LogP contribution in [0.15, 0.2) is 71.8 Å². The third-order valence-corrected chi connectivity index (χ3v) is 4.91. The van der Waals surface area contributed by atoms with Gasteiger partial charge in [0.15, 0.2) is 0 Å². The number of nitrogens with one attached hydrogen (secondary N) is 1. The van der Waals surface area contributed by atoms with Gasteiger partial charge >= 0.3 is 0 Å². The zero-order valence-electron chi connectivity index (χ0n) is 14.3. The lowest BCUT2D eigenvalue weighted by Crippen LogP contribution is -2.06. The largest absolute Gasteiger partial charge is 0.489 e. The molecule has 27 heavy (non-hydrogen) atoms. The first kappa shape index (κ1) is 19.6. The van der Waals surface area contributed by atoms with Crippen molar-refractivity contribution in [3.8, 4) is 5.75 Å². The van der Waals surface area contributed by atoms with Gasteiger partial charge in [-0.25, -0.2) is 0 Å². The summed E-state index contributed by atoms with van der Waals surface area (Å²) in [4.78, 5) is 0. The summed E-state index contributed by atoms with van der Waals surface area (Å²) in [6.07, 6.45) is 1.72. The van der Waals surface area contributed by atoms with Crippen molar-refractivity contribution in [2.75, 3.05) is 0 Å². The number of halogens is 3. The maximum atomic E-state index is 6.15. The van der Waals surface area contributed by atoms with Crippen molar-refractivity contribution < 1.29 is 4.74 Å². The minimum absolute atomic E-state index is 0.406. The van der Waals surface area contributed by atoms with E-state index >= 15 is 0 Å². The van der Waals surface area contributed by atoms with Gasteiger partial charge < -0.3 is 10.2 Å². The Balaban J connectivity index is 1.57. The van der Waals surface area contributed by atoms with Crippen LogP contribution in [0.5, 0.6) is 5.75 Å². The van der Waals surface area contributed by atoms with Crippen LogP contribution in [0.4, 0.5) is 0 Å². The van der Waals surface area contributed by atoms with E-state index < -0.39 is 0 Å². The van der Waals surface area contributed by atoms with Gasteiger partial charge in [0, 0.05) is 26.2 Å². The van der Waals surface area contributed by atoms with Gasteiger partial charge in [0.05, 0.1) is 12.8 Å². The smallest absolute Gasteiger partial charge is 0.120 e. The average molecular weight is 420 g/mol. The molecule has 0 aliphatic carbocycles. The van der Waals surface area contributed by atoms with E-state index in [0.717, 1.165) is 22.4 Å². The molecule has 0 spiro atoms. The van der Waals surface area contributed by atoms with Gasteiger partial charge in [-0.2, -0.15) is 5.10 Å². The summed E-state index contributed by atoms with van der Waals surface area (Å²) in [5.41, 5.74) is 5.62. The molecule has 0 aliphatic rings. The Labute approximate surface area is 173 Å². The first-order valence-corrected chi connectivity index (χ1v) is 9.42. The van der Waals surface area contributed by atoms with Gasteiger partial charge in [0.1, 0.15) is 12.4 Å². The van der Waals surface area contributed by atoms with Crippen molar-refractivity contribution >= 4 is 41.0 Å². The van der Waals surface area contributed by atoms with Crippen LogP contribution in [0, 0.1) is 0 Å². The summed E-state index contributed by atoms with van der Waals surface area (Å²) < 4.78 is 5.82. The molecule has 0 bridgehead atoms. The molecule has 6 heteroatoms. The van der Waals surface area contributed by atoms with Gasteiger partial charge in [-0.15, -0.1) is 0 Å². The van der Waals surface area contributed by atoms with E-state index in [-0.39, 0.29) is 0 Å². The molecule has 0 aromatic heterocycles. The molecule has 3 rings (SSSR count). The Kier molecular flexibility index (Phi) is 6.99. The minimum atomic E-state index is 0.406. The lowest BCUT2D eigenvalue weighted by Gasteiger charge is -2.08. The van der Waals surface area contributed by atoms with Crippen molar-refractivity contribution in [2.45, 2.75) is 13.2 Å². The number of hydrogen-bond donors (Lipinski definition) is 1. The average Bonchev–Trinajstić information content (AvgIpc) is 2.67. The lowest BCUT2D eigenvalue weighted by atomic mass is 10.2. The van der Waals surface area contributed by atoms with Gasteiger partial charge in [-0.05, 0) is 35.9 Å². The first-order chi connectivity index (χ1) is 13.1. The highest BCUT2D eigenvalue weighted by Crippen LogP contribution is 2.24. The summed E-state index contributed by atoms with van der Waals surface area (Å²) in [5, 5.41) is 6.14. The Morgan fingerprint density at radius 3 is 2.33 bits per heavy atom. The topological polar surface area (TPSA) is 33.6 Å². The zero-order valence-corrected chi connectivity index (χ0v) is 16.6. The lowest BCUT2D eigenvalue weighted by molar-refractivity contribution is 0.306. The van der Waals surface area contributed by atoms with E-state index in [1.807, 2.05) is 54.6 Å². The Morgan fingerprint density at radius 2 is 1.56 bits per heavy atom. The van der Waals surface area contributed by atoms with Crippen LogP contribution in [0.2, 0.25) is 15.1 Å². The molecule has 0 saturated heterocycles. The normalized spacial score (nSPS) is 10.9. The second-order valence-electron chi connectivity index (χ2n) is 5.75. The highest BCUT2D eigenvalue weighted by atomic mass is 35.5. The van der Waals surface area contributed by atoms with Crippen LogP contribution in [0.1, 0.15) is 16.7 Å². The maximum absolute atomic E-state index is 6.15. The molecule has 0 saturated carbocycles. The third-order valence-electron chi connectivity index (χ3n) is 3.83. The number of nitrogens with zero attached hydrogens (tertiary/aromatic N) is 1. The summed E-state index contributed by atoms with van der Waals surface area (Å²) in [7, 11) is 0. The molecule has 0 fully saturated rings. The van der Waals surface area contributed by atoms with Crippen molar-refractivity contribution in [1.82, 2.24) is 5.43 Å². The monoisotopic (exact) mass is 418 g/mol. The SMILES string of the molecule is Clc1ccccc1COc1cccc(/C=N/NCc2c(Cl)cccc2Cl)c1. The predicted molar refractivity (Wildman–Crippen MR) is 113 cm³/mol. The fourth-order valence-corrected chi connectivity index (χ4v) is 3.13. The highest BCUT2D eigenvalue weighted by Gasteiger charge is 2.04. The fourth-order valence-electron chi connectivity index (χ4n) is 2.41. The molecule has 0 unspecified atom stereocenters. The molecule has 0 aliphatic heterocycles. The van der Waals surface area contributed by atoms with Gasteiger partial charge in [-0.3, -0.25) is 0 Å². The van der Waals surface area contributed by atoms with E-state index in [9.17, 15) is 0 Å². The molecule has 1 N–H and O–H groups in total. The van der Waals surface area contributed by atoms with Crippen LogP contribution in [0.3, 0.4) is 0 Å². The second kappa shape index (κ2) is 9.65. The Hall–Kier alpha value is -2.20. The van der Waals surface area contributed by atoms with Crippen LogP contribution in [-0.4, -0.2) is 6.21 Å². The number of rotatable bonds is 7. The van der Waals surface area contributed by atoms with Gasteiger partial charge in [0.25, 0.3) is 0 Å². The van der Waals surface area contributed by atoms with Crippen LogP contribution in [0.25, 0.3) is 0 Å². The Morgan fingerprint density at radius 1 is 0.852 bits per heavy atom. The predicted octanol–water partition coefficient (Wildman–Crippen LogP) is 6.35. The van der Waals surface area contributed by atoms with Crippen LogP contribution < -0.4 is 10.2 Å². The number of hydrogen-bond acceptors (Lipinski definition) is 3. The molecule has 3 nitrogen and oxygen atoms in total. The van der Waals surface area contributed by atoms with E-state index in [1.165, 1.54) is 0 Å². The van der Waals surface area contributed by atoms with Gasteiger partial charge in [-0.1, -0.05) is 71.2 Å². The number of ether oxygens (including phenoxy) is 1. The molecule has 0 amide bonds. The number of hydrazone groups is 1. The molecular formula is C21H17Cl3N2O. The minimum Gasteiger partial charge on any atom is -0.489 e. The van der Waals surface area contributed by atoms with E-state index in [1.54, 1.807) is 18.3 Å². The molecule has 3 aromatic carbocycles. The maximum Gasteiger partial charge on any atom is 0.120 e. The van der Waals surface area contributed by atoms with Crippen molar-refractivity contribution in [3.63, 3.8) is 0 Å². The molecule has 3 aromatic rings. The first-order valence-electron chi connectivity index (χ1n) is 8.28. The van der Waals surface area contributed by atoms with Gasteiger partial charge in [0.2, 0.25) is 0 Å². The standard InChI is InChI=1S/C21H17Cl3N2O/c22-19-8-2-1-6-16(19)14-27-17-7-3-5-15(11-17)12-25-26-13-18-20(23)9-4-10-21(18)24/h1-12,26H,13-14H2/b25-12+. The van der Waals surface area contributed by atoms with E-state index in [0.29, 0.717) is 28.2 Å². The third kappa shape index (κ3) is 5.64. The number of benzene rings is 3. The zero-order chi connectivity index (χ0) is 19.1. The second-order valence-corrected chi connectivity index (χ2v) is 6.97. The molecule has 0 atom stereocenters. The fraction of sp³-hybridized carbons (Fsp3) is 0.0952. The van der Waals surface area contributed by atoms with Crippen LogP contribution in [-0.2, 0) is 13.2 Å². The molecule has 138 valence electrons. The van der Waals surface area contributed by atoms with Crippen LogP contribution >= 0.6 is 34.8 Å². The van der Waals surface area contributed by atoms with E-state index in [4.69, 9.17) is 39.5 Å². The summed E-state index contributed by atoms with van der Waals surface area (Å²) in [6, 6.07) is 20.7. The highest BCUT2D eigenvalue weighted by molar-refractivity contribution is 6.36. The van der Waals surface area contributed by atoms with Crippen molar-refractivity contribution in [3.05, 3.63) is 98.5 Å². The Bertz CT molecular complexity index is 924. The summed E-state index contributed by atoms with van der Waals surface area (Å²) in [5.74, 6) is 0.744. The van der Waals surface area contributed by atoms with E-state index in [2.05, 4.69) is 10.5 Å². The molecule has 0 heterocycles. The van der Waals surface area contributed by atoms with Crippen molar-refractivity contribution in [1.29, 1.82) is 0 Å². The summed E-state index contributed by atoms with van der Waals surface area (Å²) in [6.45, 7) is 0.848.